The van der Waals surface area contributed by atoms with Crippen molar-refractivity contribution >= 4 is 55.5 Å². The number of aryl methyl sites for hydroxylation is 4. The molecule has 0 amide bonds. The van der Waals surface area contributed by atoms with Crippen LogP contribution in [0.15, 0.2) is 170 Å². The number of rotatable bonds is 6. The van der Waals surface area contributed by atoms with Gasteiger partial charge < -0.3 is 9.97 Å². The van der Waals surface area contributed by atoms with Gasteiger partial charge in [0.05, 0.1) is 38.7 Å². The minimum absolute atomic E-state index is 0.716. The Morgan fingerprint density at radius 3 is 1.91 bits per heavy atom. The summed E-state index contributed by atoms with van der Waals surface area (Å²) in [6, 6.07) is 51.4. The van der Waals surface area contributed by atoms with Gasteiger partial charge in [-0.1, -0.05) is 77.5 Å². The van der Waals surface area contributed by atoms with Crippen LogP contribution in [0.5, 0.6) is 0 Å². The third kappa shape index (κ3) is 5.55. The first-order chi connectivity index (χ1) is 32.3. The first kappa shape index (κ1) is 38.1. The third-order valence-electron chi connectivity index (χ3n) is 14.2. The van der Waals surface area contributed by atoms with E-state index in [1.54, 1.807) is 0 Å². The molecule has 1 aliphatic heterocycles. The van der Waals surface area contributed by atoms with Gasteiger partial charge in [-0.05, 0) is 156 Å². The van der Waals surface area contributed by atoms with Gasteiger partial charge >= 0.3 is 5.71 Å². The molecule has 0 fully saturated rings. The summed E-state index contributed by atoms with van der Waals surface area (Å²) in [4.78, 5) is 22.2. The Bertz CT molecular complexity index is 3970. The molecule has 0 saturated heterocycles. The number of hydrogen-bond donors (Lipinski definition) is 2. The lowest BCUT2D eigenvalue weighted by Crippen LogP contribution is -2.31. The quantitative estimate of drug-likeness (QED) is 0.129. The second-order valence-electron chi connectivity index (χ2n) is 18.0. The molecule has 2 N–H and O–H groups in total. The number of fused-ring (bicyclic) bond motifs is 9. The van der Waals surface area contributed by atoms with Crippen molar-refractivity contribution in [1.29, 1.82) is 0 Å². The van der Waals surface area contributed by atoms with Crippen LogP contribution in [0.25, 0.3) is 88.5 Å². The number of nitrogens with zero attached hydrogens (tertiary/aromatic N) is 4. The fraction of sp³-hybridized carbons (Fsp3) is 0.0833. The highest BCUT2D eigenvalue weighted by Gasteiger charge is 2.49. The number of benzene rings is 6. The van der Waals surface area contributed by atoms with E-state index in [4.69, 9.17) is 19.6 Å². The van der Waals surface area contributed by atoms with Crippen LogP contribution in [0.4, 0.5) is 0 Å². The second kappa shape index (κ2) is 14.3. The number of aromatic amines is 2. The lowest BCUT2D eigenvalue weighted by molar-refractivity contribution is 0.752. The third-order valence-corrected chi connectivity index (χ3v) is 14.2. The Labute approximate surface area is 381 Å². The van der Waals surface area contributed by atoms with Crippen LogP contribution >= 0.6 is 0 Å². The standard InChI is InChI=1S/C60H42N6/c1-34-30-48(36(3)28-46(34)54-21-17-39-12-11-38-8-5-26-63-56(38)58(39)65-54)60(49-31-35(2)47(29-37(49)4)55-22-18-40-13-14-41-23-27-64-57(41)59(40)66-55)50-32-42(52-9-6-24-61-52)15-19-44(50)45-20-16-43(33-51(45)60)53-10-7-25-62-53/h5-33H,1-4H3,(H,64,66)/p+1. The SMILES string of the molecule is Cc1cc(C2(c3cc(C)c(-c4ccc5ccc6ccnc6c5[nH]4)cc3C)c3cc(C4=[N+]=CC=C4)ccc3-c3ccc(-c4ccc[nH]4)cc32)c(C)cc1-c1ccc2ccc3cccnc3c2n1. The molecule has 2 aliphatic rings. The van der Waals surface area contributed by atoms with Crippen LogP contribution in [0.2, 0.25) is 0 Å². The van der Waals surface area contributed by atoms with Crippen molar-refractivity contribution in [3.8, 4) is 44.9 Å². The van der Waals surface area contributed by atoms with Crippen molar-refractivity contribution in [1.82, 2.24) is 29.6 Å². The highest BCUT2D eigenvalue weighted by molar-refractivity contribution is 6.14. The van der Waals surface area contributed by atoms with Crippen LogP contribution in [0, 0.1) is 27.7 Å². The molecule has 1 unspecified atom stereocenters. The normalized spacial score (nSPS) is 15.1. The van der Waals surface area contributed by atoms with Gasteiger partial charge in [-0.15, -0.1) is 0 Å². The molecule has 1 aliphatic carbocycles. The first-order valence-electron chi connectivity index (χ1n) is 22.6. The second-order valence-corrected chi connectivity index (χ2v) is 18.0. The summed E-state index contributed by atoms with van der Waals surface area (Å²) in [6.45, 7) is 9.07. The van der Waals surface area contributed by atoms with Gasteiger partial charge in [-0.2, -0.15) is 0 Å². The molecule has 6 heterocycles. The lowest BCUT2D eigenvalue weighted by Gasteiger charge is -2.37. The molecule has 312 valence electrons. The Hall–Kier alpha value is -8.44. The summed E-state index contributed by atoms with van der Waals surface area (Å²) in [7, 11) is 0. The molecule has 13 rings (SSSR count). The van der Waals surface area contributed by atoms with Gasteiger partial charge in [0, 0.05) is 74.8 Å². The van der Waals surface area contributed by atoms with E-state index in [0.29, 0.717) is 0 Å². The Balaban J connectivity index is 1.09. The molecule has 6 aromatic carbocycles. The van der Waals surface area contributed by atoms with E-state index in [0.717, 1.165) is 94.2 Å². The maximum absolute atomic E-state index is 5.35. The number of pyridine rings is 3. The molecule has 5 aromatic heterocycles. The van der Waals surface area contributed by atoms with Crippen molar-refractivity contribution in [2.45, 2.75) is 33.1 Å². The molecular weight excluding hydrogens is 805 g/mol. The zero-order valence-electron chi connectivity index (χ0n) is 37.0. The van der Waals surface area contributed by atoms with Crippen LogP contribution in [-0.4, -0.2) is 36.8 Å². The summed E-state index contributed by atoms with van der Waals surface area (Å²) in [5.41, 5.74) is 23.9. The maximum atomic E-state index is 5.35. The summed E-state index contributed by atoms with van der Waals surface area (Å²) < 4.78 is 4.81. The fourth-order valence-electron chi connectivity index (χ4n) is 11.1. The summed E-state index contributed by atoms with van der Waals surface area (Å²) in [6.07, 6.45) is 11.8. The molecule has 0 saturated carbocycles. The number of aromatic nitrogens is 5. The largest absolute Gasteiger partial charge is 0.361 e. The van der Waals surface area contributed by atoms with E-state index in [1.807, 2.05) is 36.9 Å². The van der Waals surface area contributed by atoms with E-state index in [1.165, 1.54) is 50.1 Å². The average molecular weight is 848 g/mol. The van der Waals surface area contributed by atoms with Gasteiger partial charge in [0.2, 0.25) is 0 Å². The van der Waals surface area contributed by atoms with Crippen LogP contribution in [0.1, 0.15) is 50.1 Å². The molecule has 0 bridgehead atoms. The smallest absolute Gasteiger partial charge is 0.334 e. The molecule has 6 nitrogen and oxygen atoms in total. The van der Waals surface area contributed by atoms with Crippen LogP contribution in [-0.2, 0) is 5.41 Å². The summed E-state index contributed by atoms with van der Waals surface area (Å²) in [5, 5.41) is 4.43. The lowest BCUT2D eigenvalue weighted by atomic mass is 9.64. The van der Waals surface area contributed by atoms with Crippen molar-refractivity contribution in [3.63, 3.8) is 0 Å². The molecule has 0 radical (unpaired) electrons. The minimum atomic E-state index is -0.716. The average Bonchev–Trinajstić information content (AvgIpc) is 4.20. The van der Waals surface area contributed by atoms with E-state index >= 15 is 0 Å². The van der Waals surface area contributed by atoms with Gasteiger partial charge in [0.1, 0.15) is 0 Å². The zero-order chi connectivity index (χ0) is 44.3. The highest BCUT2D eigenvalue weighted by atomic mass is 14.8. The van der Waals surface area contributed by atoms with E-state index in [2.05, 4.69) is 177 Å². The molecule has 1 atom stereocenters. The fourth-order valence-corrected chi connectivity index (χ4v) is 11.1. The molecule has 0 spiro atoms. The number of nitrogens with one attached hydrogen (secondary N) is 2. The van der Waals surface area contributed by atoms with Gasteiger partial charge in [0.25, 0.3) is 6.21 Å². The number of hydrogen-bond acceptors (Lipinski definition) is 3. The number of H-pyrrole nitrogens is 2. The molecular formula is C60H43N6+. The van der Waals surface area contributed by atoms with Crippen molar-refractivity contribution in [2.24, 2.45) is 0 Å². The number of allylic oxidation sites excluding steroid dienone is 2. The summed E-state index contributed by atoms with van der Waals surface area (Å²) in [5.74, 6) is 0. The van der Waals surface area contributed by atoms with Gasteiger partial charge in [0.15, 0.2) is 0 Å². The van der Waals surface area contributed by atoms with Gasteiger partial charge in [-0.3, -0.25) is 9.97 Å². The Morgan fingerprint density at radius 2 is 1.15 bits per heavy atom. The molecule has 11 aromatic rings. The zero-order valence-corrected chi connectivity index (χ0v) is 37.0. The van der Waals surface area contributed by atoms with Crippen LogP contribution < -0.4 is 4.67 Å². The predicted octanol–water partition coefficient (Wildman–Crippen LogP) is 13.2. The Kier molecular flexibility index (Phi) is 8.24. The predicted molar refractivity (Wildman–Crippen MR) is 273 cm³/mol. The van der Waals surface area contributed by atoms with Gasteiger partial charge in [-0.25, -0.2) is 4.98 Å². The minimum Gasteiger partial charge on any atom is -0.361 e. The van der Waals surface area contributed by atoms with Crippen molar-refractivity contribution in [3.05, 3.63) is 220 Å². The van der Waals surface area contributed by atoms with E-state index in [-0.39, 0.29) is 0 Å². The molecule has 66 heavy (non-hydrogen) atoms. The molecule has 6 heteroatoms. The van der Waals surface area contributed by atoms with Crippen molar-refractivity contribution < 1.29 is 0 Å². The summed E-state index contributed by atoms with van der Waals surface area (Å²) >= 11 is 0. The highest BCUT2D eigenvalue weighted by Crippen LogP contribution is 2.59. The topological polar surface area (TPSA) is 84.4 Å². The maximum Gasteiger partial charge on any atom is 0.334 e. The van der Waals surface area contributed by atoms with Crippen molar-refractivity contribution in [2.75, 3.05) is 0 Å². The van der Waals surface area contributed by atoms with E-state index in [9.17, 15) is 0 Å². The van der Waals surface area contributed by atoms with E-state index < -0.39 is 5.41 Å². The monoisotopic (exact) mass is 847 g/mol. The Morgan fingerprint density at radius 1 is 0.485 bits per heavy atom. The first-order valence-corrected chi connectivity index (χ1v) is 22.6. The van der Waals surface area contributed by atoms with Crippen LogP contribution in [0.3, 0.4) is 0 Å².